The van der Waals surface area contributed by atoms with Crippen LogP contribution in [0.25, 0.3) is 10.2 Å². The SMILES string of the molecule is CCc1cc2c(N(C)C(C)CC)nc(NC)nc2s1. The van der Waals surface area contributed by atoms with Gasteiger partial charge in [0.1, 0.15) is 10.6 Å². The lowest BCUT2D eigenvalue weighted by molar-refractivity contribution is 0.659. The molecule has 0 spiro atoms. The highest BCUT2D eigenvalue weighted by atomic mass is 32.1. The molecule has 0 aliphatic rings. The normalized spacial score (nSPS) is 12.7. The van der Waals surface area contributed by atoms with Crippen LogP contribution in [0.2, 0.25) is 0 Å². The molecule has 1 unspecified atom stereocenters. The summed E-state index contributed by atoms with van der Waals surface area (Å²) in [7, 11) is 3.97. The second-order valence-corrected chi connectivity index (χ2v) is 5.89. The first-order chi connectivity index (χ1) is 9.10. The molecule has 0 aromatic carbocycles. The minimum Gasteiger partial charge on any atom is -0.357 e. The first-order valence-corrected chi connectivity index (χ1v) is 7.63. The molecule has 0 fully saturated rings. The monoisotopic (exact) mass is 278 g/mol. The van der Waals surface area contributed by atoms with E-state index in [0.717, 1.165) is 23.5 Å². The van der Waals surface area contributed by atoms with Crippen LogP contribution in [0.3, 0.4) is 0 Å². The predicted octanol–water partition coefficient (Wildman–Crippen LogP) is 3.53. The van der Waals surface area contributed by atoms with Gasteiger partial charge in [0.25, 0.3) is 0 Å². The topological polar surface area (TPSA) is 41.1 Å². The molecule has 0 aliphatic carbocycles. The third-order valence-electron chi connectivity index (χ3n) is 3.58. The Bertz CT molecular complexity index is 564. The van der Waals surface area contributed by atoms with Crippen LogP contribution in [-0.4, -0.2) is 30.1 Å². The van der Waals surface area contributed by atoms with Gasteiger partial charge >= 0.3 is 0 Å². The molecule has 19 heavy (non-hydrogen) atoms. The zero-order valence-corrected chi connectivity index (χ0v) is 13.1. The molecule has 2 rings (SSSR count). The van der Waals surface area contributed by atoms with E-state index < -0.39 is 0 Å². The van der Waals surface area contributed by atoms with Crippen LogP contribution in [0.5, 0.6) is 0 Å². The Hall–Kier alpha value is -1.36. The molecule has 0 aliphatic heterocycles. The van der Waals surface area contributed by atoms with E-state index >= 15 is 0 Å². The van der Waals surface area contributed by atoms with Crippen molar-refractivity contribution in [1.82, 2.24) is 9.97 Å². The molecule has 0 amide bonds. The molecule has 1 N–H and O–H groups in total. The van der Waals surface area contributed by atoms with Crippen molar-refractivity contribution in [3.63, 3.8) is 0 Å². The van der Waals surface area contributed by atoms with Gasteiger partial charge in [0, 0.05) is 25.0 Å². The lowest BCUT2D eigenvalue weighted by atomic mass is 10.2. The Morgan fingerprint density at radius 1 is 1.37 bits per heavy atom. The lowest BCUT2D eigenvalue weighted by Crippen LogP contribution is -2.29. The summed E-state index contributed by atoms with van der Waals surface area (Å²) in [6, 6.07) is 2.70. The largest absolute Gasteiger partial charge is 0.357 e. The van der Waals surface area contributed by atoms with Gasteiger partial charge in [-0.05, 0) is 25.8 Å². The molecular weight excluding hydrogens is 256 g/mol. The van der Waals surface area contributed by atoms with Gasteiger partial charge < -0.3 is 10.2 Å². The van der Waals surface area contributed by atoms with Gasteiger partial charge in [0.2, 0.25) is 5.95 Å². The molecular formula is C14H22N4S. The molecule has 2 aromatic rings. The fourth-order valence-electron chi connectivity index (χ4n) is 1.99. The number of aryl methyl sites for hydroxylation is 1. The van der Waals surface area contributed by atoms with Crippen molar-refractivity contribution in [2.75, 3.05) is 24.3 Å². The first kappa shape index (κ1) is 14.1. The summed E-state index contributed by atoms with van der Waals surface area (Å²) >= 11 is 1.76. The smallest absolute Gasteiger partial charge is 0.225 e. The van der Waals surface area contributed by atoms with Crippen LogP contribution in [0.1, 0.15) is 32.1 Å². The minimum absolute atomic E-state index is 0.466. The van der Waals surface area contributed by atoms with E-state index in [0.29, 0.717) is 12.0 Å². The van der Waals surface area contributed by atoms with Gasteiger partial charge in [0.05, 0.1) is 5.39 Å². The highest BCUT2D eigenvalue weighted by molar-refractivity contribution is 7.18. The van der Waals surface area contributed by atoms with Crippen LogP contribution < -0.4 is 10.2 Å². The third-order valence-corrected chi connectivity index (χ3v) is 4.76. The number of nitrogens with one attached hydrogen (secondary N) is 1. The van der Waals surface area contributed by atoms with E-state index in [2.05, 4.69) is 54.1 Å². The van der Waals surface area contributed by atoms with Gasteiger partial charge in [-0.2, -0.15) is 4.98 Å². The Kier molecular flexibility index (Phi) is 4.24. The Labute approximate surface area is 118 Å². The zero-order valence-electron chi connectivity index (χ0n) is 12.3. The van der Waals surface area contributed by atoms with Gasteiger partial charge in [-0.25, -0.2) is 4.98 Å². The lowest BCUT2D eigenvalue weighted by Gasteiger charge is -2.25. The van der Waals surface area contributed by atoms with Crippen LogP contribution in [0, 0.1) is 0 Å². The van der Waals surface area contributed by atoms with Crippen molar-refractivity contribution in [2.45, 2.75) is 39.7 Å². The van der Waals surface area contributed by atoms with Gasteiger partial charge in [0.15, 0.2) is 0 Å². The second kappa shape index (κ2) is 5.74. The van der Waals surface area contributed by atoms with E-state index in [-0.39, 0.29) is 0 Å². The first-order valence-electron chi connectivity index (χ1n) is 6.81. The van der Waals surface area contributed by atoms with Crippen molar-refractivity contribution in [2.24, 2.45) is 0 Å². The molecule has 104 valence electrons. The van der Waals surface area contributed by atoms with E-state index in [1.54, 1.807) is 11.3 Å². The third kappa shape index (κ3) is 2.66. The van der Waals surface area contributed by atoms with Crippen molar-refractivity contribution in [1.29, 1.82) is 0 Å². The highest BCUT2D eigenvalue weighted by Gasteiger charge is 2.17. The number of hydrogen-bond donors (Lipinski definition) is 1. The number of fused-ring (bicyclic) bond motifs is 1. The van der Waals surface area contributed by atoms with Crippen molar-refractivity contribution >= 4 is 33.3 Å². The summed E-state index contributed by atoms with van der Waals surface area (Å²) in [6.45, 7) is 6.60. The highest BCUT2D eigenvalue weighted by Crippen LogP contribution is 2.32. The van der Waals surface area contributed by atoms with Crippen LogP contribution in [0.4, 0.5) is 11.8 Å². The Morgan fingerprint density at radius 2 is 2.11 bits per heavy atom. The molecule has 0 saturated heterocycles. The Balaban J connectivity index is 2.59. The fourth-order valence-corrected chi connectivity index (χ4v) is 2.96. The van der Waals surface area contributed by atoms with E-state index in [1.165, 1.54) is 10.3 Å². The zero-order chi connectivity index (χ0) is 14.0. The molecule has 4 nitrogen and oxygen atoms in total. The van der Waals surface area contributed by atoms with Crippen LogP contribution in [-0.2, 0) is 6.42 Å². The summed E-state index contributed by atoms with van der Waals surface area (Å²) in [6.07, 6.45) is 2.14. The summed E-state index contributed by atoms with van der Waals surface area (Å²) in [4.78, 5) is 13.9. The van der Waals surface area contributed by atoms with Gasteiger partial charge in [-0.15, -0.1) is 11.3 Å². The number of thiophene rings is 1. The van der Waals surface area contributed by atoms with E-state index in [4.69, 9.17) is 0 Å². The summed E-state index contributed by atoms with van der Waals surface area (Å²) < 4.78 is 0. The average molecular weight is 278 g/mol. The summed E-state index contributed by atoms with van der Waals surface area (Å²) in [5.74, 6) is 1.72. The molecule has 2 heterocycles. The standard InChI is InChI=1S/C14H22N4S/c1-6-9(3)18(5)12-11-8-10(7-2)19-13(11)17-14(15-4)16-12/h8-9H,6-7H2,1-5H3,(H,15,16,17). The molecule has 0 radical (unpaired) electrons. The van der Waals surface area contributed by atoms with Crippen LogP contribution in [0.15, 0.2) is 6.07 Å². The number of rotatable bonds is 5. The number of aromatic nitrogens is 2. The van der Waals surface area contributed by atoms with E-state index in [1.807, 2.05) is 7.05 Å². The van der Waals surface area contributed by atoms with E-state index in [9.17, 15) is 0 Å². The minimum atomic E-state index is 0.466. The number of anilines is 2. The summed E-state index contributed by atoms with van der Waals surface area (Å²) in [5, 5.41) is 4.23. The van der Waals surface area contributed by atoms with Crippen molar-refractivity contribution < 1.29 is 0 Å². The number of hydrogen-bond acceptors (Lipinski definition) is 5. The summed E-state index contributed by atoms with van der Waals surface area (Å²) in [5.41, 5.74) is 0. The Morgan fingerprint density at radius 3 is 2.68 bits per heavy atom. The van der Waals surface area contributed by atoms with Crippen molar-refractivity contribution in [3.05, 3.63) is 10.9 Å². The fraction of sp³-hybridized carbons (Fsp3) is 0.571. The number of nitrogens with zero attached hydrogens (tertiary/aromatic N) is 3. The maximum Gasteiger partial charge on any atom is 0.225 e. The van der Waals surface area contributed by atoms with Crippen LogP contribution >= 0.6 is 11.3 Å². The molecule has 2 aromatic heterocycles. The quantitative estimate of drug-likeness (QED) is 0.908. The maximum absolute atomic E-state index is 4.65. The molecule has 1 atom stereocenters. The molecule has 0 bridgehead atoms. The van der Waals surface area contributed by atoms with Crippen molar-refractivity contribution in [3.8, 4) is 0 Å². The molecule has 0 saturated carbocycles. The van der Waals surface area contributed by atoms with Gasteiger partial charge in [-0.3, -0.25) is 0 Å². The van der Waals surface area contributed by atoms with Gasteiger partial charge in [-0.1, -0.05) is 13.8 Å². The molecule has 5 heteroatoms. The predicted molar refractivity (Wildman–Crippen MR) is 84.5 cm³/mol. The maximum atomic E-state index is 4.65. The second-order valence-electron chi connectivity index (χ2n) is 4.77. The average Bonchev–Trinajstić information content (AvgIpc) is 2.87.